The van der Waals surface area contributed by atoms with E-state index < -0.39 is 0 Å². The number of morpholine rings is 1. The molecule has 6 nitrogen and oxygen atoms in total. The van der Waals surface area contributed by atoms with E-state index in [1.54, 1.807) is 0 Å². The molecule has 3 heterocycles. The smallest absolute Gasteiger partial charge is 0.135 e. The van der Waals surface area contributed by atoms with Gasteiger partial charge in [0.1, 0.15) is 5.82 Å². The van der Waals surface area contributed by atoms with Gasteiger partial charge in [-0.05, 0) is 76.6 Å². The predicted octanol–water partition coefficient (Wildman–Crippen LogP) is 5.36. The second-order valence-corrected chi connectivity index (χ2v) is 10.7. The Labute approximate surface area is 198 Å². The molecular weight excluding hydrogens is 412 g/mol. The van der Waals surface area contributed by atoms with Gasteiger partial charge in [0.15, 0.2) is 0 Å². The minimum Gasteiger partial charge on any atom is -0.378 e. The van der Waals surface area contributed by atoms with Gasteiger partial charge in [0.05, 0.1) is 36.3 Å². The van der Waals surface area contributed by atoms with Gasteiger partial charge in [-0.15, -0.1) is 0 Å². The first-order valence-corrected chi connectivity index (χ1v) is 12.5. The van der Waals surface area contributed by atoms with Crippen LogP contribution in [0, 0.1) is 5.92 Å². The summed E-state index contributed by atoms with van der Waals surface area (Å²) < 4.78 is 11.8. The number of pyridine rings is 1. The van der Waals surface area contributed by atoms with Crippen molar-refractivity contribution < 1.29 is 9.47 Å². The summed E-state index contributed by atoms with van der Waals surface area (Å²) in [6, 6.07) is 11.1. The van der Waals surface area contributed by atoms with Gasteiger partial charge < -0.3 is 24.6 Å². The van der Waals surface area contributed by atoms with Gasteiger partial charge >= 0.3 is 0 Å². The third-order valence-corrected chi connectivity index (χ3v) is 7.00. The van der Waals surface area contributed by atoms with E-state index in [9.17, 15) is 0 Å². The Bertz CT molecular complexity index is 943. The zero-order chi connectivity index (χ0) is 22.8. The highest BCUT2D eigenvalue weighted by atomic mass is 16.5. The Morgan fingerprint density at radius 3 is 2.64 bits per heavy atom. The molecule has 2 aliphatic heterocycles. The second kappa shape index (κ2) is 9.51. The Morgan fingerprint density at radius 1 is 1.09 bits per heavy atom. The average molecular weight is 451 g/mol. The van der Waals surface area contributed by atoms with Crippen LogP contribution in [-0.4, -0.2) is 49.5 Å². The third kappa shape index (κ3) is 5.44. The number of anilines is 4. The number of ether oxygens (including phenoxy) is 2. The van der Waals surface area contributed by atoms with E-state index >= 15 is 0 Å². The molecule has 0 unspecified atom stereocenters. The molecule has 0 radical (unpaired) electrons. The normalized spacial score (nSPS) is 23.4. The van der Waals surface area contributed by atoms with Gasteiger partial charge in [0.25, 0.3) is 0 Å². The van der Waals surface area contributed by atoms with Crippen LogP contribution in [0.3, 0.4) is 0 Å². The molecule has 178 valence electrons. The van der Waals surface area contributed by atoms with E-state index in [4.69, 9.17) is 9.47 Å². The molecule has 5 rings (SSSR count). The Kier molecular flexibility index (Phi) is 6.48. The Morgan fingerprint density at radius 2 is 1.88 bits per heavy atom. The summed E-state index contributed by atoms with van der Waals surface area (Å²) in [4.78, 5) is 9.65. The van der Waals surface area contributed by atoms with Gasteiger partial charge in [0, 0.05) is 43.6 Å². The molecule has 2 aromatic rings. The van der Waals surface area contributed by atoms with Gasteiger partial charge in [-0.25, -0.2) is 4.98 Å². The average Bonchev–Trinajstić information content (AvgIpc) is 2.96. The van der Waals surface area contributed by atoms with Crippen molar-refractivity contribution in [3.8, 4) is 0 Å². The highest BCUT2D eigenvalue weighted by molar-refractivity contribution is 5.81. The van der Waals surface area contributed by atoms with Crippen molar-refractivity contribution in [1.29, 1.82) is 0 Å². The maximum absolute atomic E-state index is 6.27. The fourth-order valence-electron chi connectivity index (χ4n) is 5.41. The van der Waals surface area contributed by atoms with Crippen molar-refractivity contribution in [1.82, 2.24) is 4.98 Å². The summed E-state index contributed by atoms with van der Waals surface area (Å²) in [7, 11) is 0. The fourth-order valence-corrected chi connectivity index (χ4v) is 5.41. The lowest BCUT2D eigenvalue weighted by molar-refractivity contribution is -0.0779. The van der Waals surface area contributed by atoms with E-state index in [-0.39, 0.29) is 5.60 Å². The maximum Gasteiger partial charge on any atom is 0.135 e. The molecule has 1 aliphatic carbocycles. The topological polar surface area (TPSA) is 49.9 Å². The van der Waals surface area contributed by atoms with E-state index in [1.807, 2.05) is 12.3 Å². The molecule has 0 amide bonds. The van der Waals surface area contributed by atoms with E-state index in [2.05, 4.69) is 65.1 Å². The van der Waals surface area contributed by atoms with Crippen molar-refractivity contribution in [2.45, 2.75) is 64.7 Å². The number of aromatic nitrogens is 1. The van der Waals surface area contributed by atoms with Crippen molar-refractivity contribution >= 4 is 22.9 Å². The number of benzene rings is 1. The molecule has 1 aromatic heterocycles. The highest BCUT2D eigenvalue weighted by Gasteiger charge is 2.29. The lowest BCUT2D eigenvalue weighted by Gasteiger charge is -2.36. The molecule has 2 fully saturated rings. The summed E-state index contributed by atoms with van der Waals surface area (Å²) >= 11 is 0. The summed E-state index contributed by atoms with van der Waals surface area (Å²) in [5.74, 6) is 1.66. The summed E-state index contributed by atoms with van der Waals surface area (Å²) in [6.07, 6.45) is 7.04. The number of hydrogen-bond donors (Lipinski definition) is 1. The monoisotopic (exact) mass is 450 g/mol. The first kappa shape index (κ1) is 22.5. The lowest BCUT2D eigenvalue weighted by Crippen LogP contribution is -2.37. The number of nitrogens with zero attached hydrogens (tertiary/aromatic N) is 3. The molecule has 1 aromatic carbocycles. The fraction of sp³-hybridized carbons (Fsp3) is 0.593. The first-order valence-electron chi connectivity index (χ1n) is 12.5. The van der Waals surface area contributed by atoms with E-state index in [0.717, 1.165) is 63.7 Å². The SMILES string of the molecule is CC(C)(C)OC1CCC(CN2Cc3cccnc3Nc3ccc(N4CCOCC4)cc32)CC1. The molecule has 1 saturated heterocycles. The third-order valence-electron chi connectivity index (χ3n) is 7.00. The molecule has 33 heavy (non-hydrogen) atoms. The number of nitrogens with one attached hydrogen (secondary N) is 1. The summed E-state index contributed by atoms with van der Waals surface area (Å²) in [5.41, 5.74) is 4.91. The molecule has 0 spiro atoms. The minimum absolute atomic E-state index is 0.0560. The predicted molar refractivity (Wildman–Crippen MR) is 135 cm³/mol. The number of fused-ring (bicyclic) bond motifs is 2. The minimum atomic E-state index is -0.0560. The second-order valence-electron chi connectivity index (χ2n) is 10.7. The van der Waals surface area contributed by atoms with E-state index in [1.165, 1.54) is 29.8 Å². The zero-order valence-corrected chi connectivity index (χ0v) is 20.3. The van der Waals surface area contributed by atoms with Crippen molar-refractivity contribution in [3.63, 3.8) is 0 Å². The summed E-state index contributed by atoms with van der Waals surface area (Å²) in [5, 5.41) is 3.62. The zero-order valence-electron chi connectivity index (χ0n) is 20.3. The number of rotatable bonds is 4. The largest absolute Gasteiger partial charge is 0.378 e. The van der Waals surface area contributed by atoms with Crippen LogP contribution in [0.25, 0.3) is 0 Å². The van der Waals surface area contributed by atoms with Gasteiger partial charge in [-0.1, -0.05) is 6.07 Å². The van der Waals surface area contributed by atoms with Crippen LogP contribution in [0.15, 0.2) is 36.5 Å². The molecule has 1 saturated carbocycles. The van der Waals surface area contributed by atoms with Crippen LogP contribution in [0.1, 0.15) is 52.0 Å². The van der Waals surface area contributed by atoms with E-state index in [0.29, 0.717) is 12.0 Å². The molecule has 0 bridgehead atoms. The highest BCUT2D eigenvalue weighted by Crippen LogP contribution is 2.39. The molecule has 3 aliphatic rings. The van der Waals surface area contributed by atoms with Crippen molar-refractivity contribution in [3.05, 3.63) is 42.1 Å². The van der Waals surface area contributed by atoms with Crippen LogP contribution in [0.4, 0.5) is 22.9 Å². The van der Waals surface area contributed by atoms with Gasteiger partial charge in [0.2, 0.25) is 0 Å². The van der Waals surface area contributed by atoms with Crippen LogP contribution in [0.5, 0.6) is 0 Å². The Balaban J connectivity index is 1.37. The standard InChI is InChI=1S/C27H38N4O2/c1-27(2,3)33-23-9-6-20(7-10-23)18-31-19-21-5-4-12-28-26(21)29-24-11-8-22(17-25(24)31)30-13-15-32-16-14-30/h4-5,8,11-12,17,20,23H,6-7,9-10,13-16,18-19H2,1-3H3,(H,28,29). The number of hydrogen-bond acceptors (Lipinski definition) is 6. The lowest BCUT2D eigenvalue weighted by atomic mass is 9.86. The Hall–Kier alpha value is -2.31. The summed E-state index contributed by atoms with van der Waals surface area (Å²) in [6.45, 7) is 11.9. The van der Waals surface area contributed by atoms with Crippen molar-refractivity contribution in [2.24, 2.45) is 5.92 Å². The first-order chi connectivity index (χ1) is 15.9. The van der Waals surface area contributed by atoms with Crippen LogP contribution in [0.2, 0.25) is 0 Å². The maximum atomic E-state index is 6.27. The van der Waals surface area contributed by atoms with Crippen LogP contribution >= 0.6 is 0 Å². The van der Waals surface area contributed by atoms with Gasteiger partial charge in [-0.3, -0.25) is 0 Å². The quantitative estimate of drug-likeness (QED) is 0.677. The molecule has 0 atom stereocenters. The van der Waals surface area contributed by atoms with Crippen LogP contribution < -0.4 is 15.1 Å². The van der Waals surface area contributed by atoms with Gasteiger partial charge in [-0.2, -0.15) is 0 Å². The van der Waals surface area contributed by atoms with Crippen LogP contribution in [-0.2, 0) is 16.0 Å². The molecular formula is C27H38N4O2. The molecule has 6 heteroatoms. The van der Waals surface area contributed by atoms with Crippen molar-refractivity contribution in [2.75, 3.05) is 48.0 Å². The molecule has 1 N–H and O–H groups in total.